The Morgan fingerprint density at radius 3 is 1.95 bits per heavy atom. The SMILES string of the molecule is CCCCC(CC)C(OC)N(CC)C(C)CCCC. The molecule has 0 N–H and O–H groups in total. The molecule has 2 nitrogen and oxygen atoms in total. The molecule has 0 aromatic rings. The molecule has 0 saturated carbocycles. The van der Waals surface area contributed by atoms with Crippen LogP contribution in [0.2, 0.25) is 0 Å². The lowest BCUT2D eigenvalue weighted by Crippen LogP contribution is -2.46. The van der Waals surface area contributed by atoms with Gasteiger partial charge in [0, 0.05) is 13.2 Å². The van der Waals surface area contributed by atoms with E-state index in [1.165, 1.54) is 44.9 Å². The van der Waals surface area contributed by atoms with E-state index in [9.17, 15) is 0 Å². The van der Waals surface area contributed by atoms with Gasteiger partial charge in [0.1, 0.15) is 6.23 Å². The van der Waals surface area contributed by atoms with Gasteiger partial charge in [0.05, 0.1) is 0 Å². The first-order chi connectivity index (χ1) is 9.15. The second-order valence-electron chi connectivity index (χ2n) is 5.76. The Kier molecular flexibility index (Phi) is 11.7. The maximum Gasteiger partial charge on any atom is 0.113 e. The zero-order valence-electron chi connectivity index (χ0n) is 14.2. The molecular weight excluding hydrogens is 234 g/mol. The van der Waals surface area contributed by atoms with Crippen molar-refractivity contribution >= 4 is 0 Å². The average Bonchev–Trinajstić information content (AvgIpc) is 2.44. The summed E-state index contributed by atoms with van der Waals surface area (Å²) >= 11 is 0. The van der Waals surface area contributed by atoms with Crippen LogP contribution in [-0.2, 0) is 4.74 Å². The molecule has 0 aliphatic rings. The fourth-order valence-electron chi connectivity index (χ4n) is 3.02. The predicted octanol–water partition coefficient (Wildman–Crippen LogP) is 5.08. The first-order valence-electron chi connectivity index (χ1n) is 8.44. The summed E-state index contributed by atoms with van der Waals surface area (Å²) in [6.45, 7) is 12.6. The molecule has 0 amide bonds. The van der Waals surface area contributed by atoms with Gasteiger partial charge < -0.3 is 4.74 Å². The predicted molar refractivity (Wildman–Crippen MR) is 85.5 cm³/mol. The van der Waals surface area contributed by atoms with E-state index in [1.807, 2.05) is 7.11 Å². The van der Waals surface area contributed by atoms with Crippen LogP contribution in [-0.4, -0.2) is 30.8 Å². The minimum Gasteiger partial charge on any atom is -0.366 e. The van der Waals surface area contributed by atoms with E-state index >= 15 is 0 Å². The van der Waals surface area contributed by atoms with Gasteiger partial charge >= 0.3 is 0 Å². The van der Waals surface area contributed by atoms with Crippen LogP contribution in [0.15, 0.2) is 0 Å². The summed E-state index contributed by atoms with van der Waals surface area (Å²) < 4.78 is 5.88. The highest BCUT2D eigenvalue weighted by atomic mass is 16.5. The summed E-state index contributed by atoms with van der Waals surface area (Å²) in [5.74, 6) is 0.675. The van der Waals surface area contributed by atoms with Crippen LogP contribution in [0.5, 0.6) is 0 Å². The van der Waals surface area contributed by atoms with Crippen LogP contribution < -0.4 is 0 Å². The lowest BCUT2D eigenvalue weighted by molar-refractivity contribution is -0.0901. The Morgan fingerprint density at radius 1 is 0.947 bits per heavy atom. The Bertz CT molecular complexity index is 196. The molecule has 0 fully saturated rings. The second-order valence-corrected chi connectivity index (χ2v) is 5.76. The van der Waals surface area contributed by atoms with E-state index < -0.39 is 0 Å². The molecular formula is C17H37NO. The molecule has 0 spiro atoms. The van der Waals surface area contributed by atoms with Crippen LogP contribution in [0, 0.1) is 5.92 Å². The summed E-state index contributed by atoms with van der Waals surface area (Å²) in [6, 6.07) is 0.630. The van der Waals surface area contributed by atoms with Crippen LogP contribution in [0.1, 0.15) is 79.6 Å². The van der Waals surface area contributed by atoms with E-state index in [2.05, 4.69) is 39.5 Å². The van der Waals surface area contributed by atoms with Gasteiger partial charge in [-0.25, -0.2) is 0 Å². The molecule has 0 heterocycles. The smallest absolute Gasteiger partial charge is 0.113 e. The molecule has 3 atom stereocenters. The Labute approximate surface area is 121 Å². The third-order valence-corrected chi connectivity index (χ3v) is 4.33. The normalized spacial score (nSPS) is 16.6. The molecule has 0 saturated heterocycles. The summed E-state index contributed by atoms with van der Waals surface area (Å²) in [5.41, 5.74) is 0. The first kappa shape index (κ1) is 18.9. The molecule has 116 valence electrons. The number of unbranched alkanes of at least 4 members (excludes halogenated alkanes) is 2. The van der Waals surface area contributed by atoms with Crippen molar-refractivity contribution in [3.05, 3.63) is 0 Å². The maximum atomic E-state index is 5.88. The monoisotopic (exact) mass is 271 g/mol. The van der Waals surface area contributed by atoms with E-state index in [0.29, 0.717) is 18.2 Å². The van der Waals surface area contributed by atoms with E-state index in [4.69, 9.17) is 4.74 Å². The maximum absolute atomic E-state index is 5.88. The van der Waals surface area contributed by atoms with Crippen LogP contribution in [0.3, 0.4) is 0 Å². The molecule has 2 heteroatoms. The highest BCUT2D eigenvalue weighted by Gasteiger charge is 2.27. The Hall–Kier alpha value is -0.0800. The molecule has 3 unspecified atom stereocenters. The standard InChI is InChI=1S/C17H37NO/c1-7-11-13-15(5)18(10-4)17(19-6)16(9-3)14-12-8-2/h15-17H,7-14H2,1-6H3. The quantitative estimate of drug-likeness (QED) is 0.459. The van der Waals surface area contributed by atoms with Crippen molar-refractivity contribution in [3.63, 3.8) is 0 Å². The van der Waals surface area contributed by atoms with E-state index in [-0.39, 0.29) is 0 Å². The minimum atomic E-state index is 0.299. The molecule has 0 aliphatic heterocycles. The number of ether oxygens (including phenoxy) is 1. The van der Waals surface area contributed by atoms with Gasteiger partial charge in [-0.15, -0.1) is 0 Å². The highest BCUT2D eigenvalue weighted by Crippen LogP contribution is 2.24. The third-order valence-electron chi connectivity index (χ3n) is 4.33. The topological polar surface area (TPSA) is 12.5 Å². The molecule has 0 radical (unpaired) electrons. The third kappa shape index (κ3) is 6.76. The first-order valence-corrected chi connectivity index (χ1v) is 8.44. The number of hydrogen-bond donors (Lipinski definition) is 0. The lowest BCUT2D eigenvalue weighted by Gasteiger charge is -2.39. The van der Waals surface area contributed by atoms with Gasteiger partial charge in [0.25, 0.3) is 0 Å². The highest BCUT2D eigenvalue weighted by molar-refractivity contribution is 4.75. The van der Waals surface area contributed by atoms with Crippen molar-refractivity contribution < 1.29 is 4.74 Å². The Morgan fingerprint density at radius 2 is 1.53 bits per heavy atom. The van der Waals surface area contributed by atoms with Gasteiger partial charge in [-0.1, -0.05) is 53.4 Å². The van der Waals surface area contributed by atoms with E-state index in [0.717, 1.165) is 6.54 Å². The summed E-state index contributed by atoms with van der Waals surface area (Å²) in [4.78, 5) is 2.57. The van der Waals surface area contributed by atoms with Gasteiger partial charge in [0.15, 0.2) is 0 Å². The minimum absolute atomic E-state index is 0.299. The lowest BCUT2D eigenvalue weighted by atomic mass is 9.95. The fraction of sp³-hybridized carbons (Fsp3) is 1.00. The van der Waals surface area contributed by atoms with Crippen LogP contribution in [0.4, 0.5) is 0 Å². The molecule has 19 heavy (non-hydrogen) atoms. The number of nitrogens with zero attached hydrogens (tertiary/aromatic N) is 1. The van der Waals surface area contributed by atoms with E-state index in [1.54, 1.807) is 0 Å². The van der Waals surface area contributed by atoms with Gasteiger partial charge in [-0.05, 0) is 38.6 Å². The molecule has 0 aromatic heterocycles. The van der Waals surface area contributed by atoms with Crippen LogP contribution >= 0.6 is 0 Å². The summed E-state index contributed by atoms with van der Waals surface area (Å²) in [5, 5.41) is 0. The van der Waals surface area contributed by atoms with Gasteiger partial charge in [-0.2, -0.15) is 0 Å². The Balaban J connectivity index is 4.63. The molecule has 0 aliphatic carbocycles. The fourth-order valence-corrected chi connectivity index (χ4v) is 3.02. The van der Waals surface area contributed by atoms with Crippen molar-refractivity contribution in [3.8, 4) is 0 Å². The second kappa shape index (κ2) is 11.7. The zero-order valence-corrected chi connectivity index (χ0v) is 14.2. The van der Waals surface area contributed by atoms with Crippen molar-refractivity contribution in [2.75, 3.05) is 13.7 Å². The summed E-state index contributed by atoms with van der Waals surface area (Å²) in [6.07, 6.45) is 9.30. The number of hydrogen-bond acceptors (Lipinski definition) is 2. The molecule has 0 bridgehead atoms. The van der Waals surface area contributed by atoms with Gasteiger partial charge in [0.2, 0.25) is 0 Å². The largest absolute Gasteiger partial charge is 0.366 e. The number of rotatable bonds is 12. The summed E-state index contributed by atoms with van der Waals surface area (Å²) in [7, 11) is 1.88. The van der Waals surface area contributed by atoms with Gasteiger partial charge in [-0.3, -0.25) is 4.90 Å². The van der Waals surface area contributed by atoms with Crippen molar-refractivity contribution in [2.45, 2.75) is 91.8 Å². The molecule has 0 aromatic carbocycles. The zero-order chi connectivity index (χ0) is 14.7. The molecule has 0 rings (SSSR count). The number of methoxy groups -OCH3 is 1. The average molecular weight is 271 g/mol. The van der Waals surface area contributed by atoms with Crippen molar-refractivity contribution in [2.24, 2.45) is 5.92 Å². The van der Waals surface area contributed by atoms with Crippen LogP contribution in [0.25, 0.3) is 0 Å². The van der Waals surface area contributed by atoms with Crippen molar-refractivity contribution in [1.29, 1.82) is 0 Å². The van der Waals surface area contributed by atoms with Crippen molar-refractivity contribution in [1.82, 2.24) is 4.90 Å².